The van der Waals surface area contributed by atoms with Crippen LogP contribution in [0.3, 0.4) is 0 Å². The molecule has 0 rings (SSSR count). The minimum atomic E-state index is -0.924. The van der Waals surface area contributed by atoms with Crippen LogP contribution >= 0.6 is 0 Å². The summed E-state index contributed by atoms with van der Waals surface area (Å²) >= 11 is 0. The Morgan fingerprint density at radius 2 is 1.25 bits per heavy atom. The summed E-state index contributed by atoms with van der Waals surface area (Å²) in [6.07, 6.45) is 28.3. The van der Waals surface area contributed by atoms with Gasteiger partial charge in [0.2, 0.25) is 0 Å². The highest BCUT2D eigenvalue weighted by Gasteiger charge is 2.21. The lowest BCUT2D eigenvalue weighted by Gasteiger charge is -2.10. The molecule has 0 aliphatic rings. The molecule has 32 heavy (non-hydrogen) atoms. The zero-order chi connectivity index (χ0) is 23.7. The first-order valence-corrected chi connectivity index (χ1v) is 13.3. The van der Waals surface area contributed by atoms with Gasteiger partial charge < -0.3 is 9.84 Å². The highest BCUT2D eigenvalue weighted by atomic mass is 16.5. The molecule has 1 atom stereocenters. The number of rotatable bonds is 24. The van der Waals surface area contributed by atoms with Crippen LogP contribution in [0.2, 0.25) is 0 Å². The standard InChI is InChI=1S/C28H50O4/c1-3-5-6-7-8-9-10-11-12-13-14-15-16-17-18-19-20-21-22-23-26(28(30)31)25-27(29)32-24-4-2/h4,19-20,26H,2-3,5-18,21-25H2,1H3,(H,30,31)/b20-19+. The Bertz CT molecular complexity index is 484. The molecule has 0 aromatic heterocycles. The normalized spacial score (nSPS) is 12.2. The predicted molar refractivity (Wildman–Crippen MR) is 135 cm³/mol. The van der Waals surface area contributed by atoms with Gasteiger partial charge in [0, 0.05) is 0 Å². The van der Waals surface area contributed by atoms with Crippen molar-refractivity contribution in [1.29, 1.82) is 0 Å². The third-order valence-corrected chi connectivity index (χ3v) is 5.94. The molecule has 0 radical (unpaired) electrons. The van der Waals surface area contributed by atoms with Crippen LogP contribution < -0.4 is 0 Å². The quantitative estimate of drug-likeness (QED) is 0.0910. The summed E-state index contributed by atoms with van der Waals surface area (Å²) in [5, 5.41) is 9.25. The largest absolute Gasteiger partial charge is 0.481 e. The second-order valence-corrected chi connectivity index (χ2v) is 9.00. The Morgan fingerprint density at radius 1 is 0.781 bits per heavy atom. The van der Waals surface area contributed by atoms with Gasteiger partial charge in [0.15, 0.2) is 0 Å². The van der Waals surface area contributed by atoms with Crippen molar-refractivity contribution in [2.75, 3.05) is 6.61 Å². The predicted octanol–water partition coefficient (Wildman–Crippen LogP) is 8.40. The van der Waals surface area contributed by atoms with Crippen LogP contribution in [-0.4, -0.2) is 23.7 Å². The van der Waals surface area contributed by atoms with Gasteiger partial charge in [-0.3, -0.25) is 9.59 Å². The molecule has 0 saturated heterocycles. The van der Waals surface area contributed by atoms with Crippen LogP contribution in [0.15, 0.2) is 24.8 Å². The summed E-state index contributed by atoms with van der Waals surface area (Å²) in [7, 11) is 0. The number of carboxylic acid groups (broad SMARTS) is 1. The number of hydrogen-bond acceptors (Lipinski definition) is 3. The second kappa shape index (κ2) is 24.1. The molecule has 0 bridgehead atoms. The molecule has 0 aromatic rings. The number of esters is 1. The smallest absolute Gasteiger partial charge is 0.307 e. The molecule has 4 heteroatoms. The molecule has 0 aliphatic heterocycles. The molecule has 0 aromatic carbocycles. The minimum Gasteiger partial charge on any atom is -0.481 e. The molecule has 0 spiro atoms. The fourth-order valence-corrected chi connectivity index (χ4v) is 3.90. The van der Waals surface area contributed by atoms with Gasteiger partial charge in [-0.25, -0.2) is 0 Å². The molecule has 1 N–H and O–H groups in total. The zero-order valence-electron chi connectivity index (χ0n) is 20.8. The number of aliphatic carboxylic acids is 1. The van der Waals surface area contributed by atoms with Crippen molar-refractivity contribution in [1.82, 2.24) is 0 Å². The molecule has 0 aliphatic carbocycles. The molecular weight excluding hydrogens is 400 g/mol. The van der Waals surface area contributed by atoms with Crippen LogP contribution in [0.4, 0.5) is 0 Å². The van der Waals surface area contributed by atoms with Gasteiger partial charge in [-0.1, -0.05) is 115 Å². The summed E-state index contributed by atoms with van der Waals surface area (Å²) < 4.78 is 4.88. The van der Waals surface area contributed by atoms with Gasteiger partial charge in [0.25, 0.3) is 0 Å². The summed E-state index contributed by atoms with van der Waals surface area (Å²) in [5.74, 6) is -2.05. The van der Waals surface area contributed by atoms with Gasteiger partial charge in [0.1, 0.15) is 6.61 Å². The molecule has 186 valence electrons. The number of carboxylic acids is 1. The van der Waals surface area contributed by atoms with Crippen LogP contribution in [0.5, 0.6) is 0 Å². The van der Waals surface area contributed by atoms with Crippen molar-refractivity contribution in [3.8, 4) is 0 Å². The number of unbranched alkanes of at least 4 members (excludes halogenated alkanes) is 15. The third kappa shape index (κ3) is 21.6. The summed E-state index contributed by atoms with van der Waals surface area (Å²) in [4.78, 5) is 22.9. The molecule has 0 amide bonds. The maximum Gasteiger partial charge on any atom is 0.307 e. The molecule has 0 heterocycles. The van der Waals surface area contributed by atoms with E-state index >= 15 is 0 Å². The molecule has 1 unspecified atom stereocenters. The number of carbonyl (C=O) groups is 2. The molecule has 0 fully saturated rings. The van der Waals surface area contributed by atoms with Gasteiger partial charge >= 0.3 is 11.9 Å². The van der Waals surface area contributed by atoms with Gasteiger partial charge in [-0.15, -0.1) is 0 Å². The number of hydrogen-bond donors (Lipinski definition) is 1. The van der Waals surface area contributed by atoms with E-state index in [1.165, 1.54) is 96.0 Å². The summed E-state index contributed by atoms with van der Waals surface area (Å²) in [6.45, 7) is 5.88. The van der Waals surface area contributed by atoms with Crippen molar-refractivity contribution >= 4 is 11.9 Å². The van der Waals surface area contributed by atoms with E-state index in [0.717, 1.165) is 19.3 Å². The average molecular weight is 451 g/mol. The van der Waals surface area contributed by atoms with E-state index in [1.807, 2.05) is 0 Å². The SMILES string of the molecule is C=CCOC(=O)CC(CCC/C=C/CCCCCCCCCCCCCCCC)C(=O)O. The maximum atomic E-state index is 11.6. The summed E-state index contributed by atoms with van der Waals surface area (Å²) in [5.41, 5.74) is 0. The van der Waals surface area contributed by atoms with E-state index in [1.54, 1.807) is 0 Å². The Balaban J connectivity index is 3.46. The van der Waals surface area contributed by atoms with Crippen molar-refractivity contribution in [2.24, 2.45) is 5.92 Å². The third-order valence-electron chi connectivity index (χ3n) is 5.94. The van der Waals surface area contributed by atoms with Gasteiger partial charge in [-0.2, -0.15) is 0 Å². The van der Waals surface area contributed by atoms with Crippen LogP contribution in [0.25, 0.3) is 0 Å². The highest BCUT2D eigenvalue weighted by molar-refractivity contribution is 5.78. The van der Waals surface area contributed by atoms with E-state index in [9.17, 15) is 14.7 Å². The van der Waals surface area contributed by atoms with Crippen LogP contribution in [0, 0.1) is 5.92 Å². The molecule has 0 saturated carbocycles. The van der Waals surface area contributed by atoms with E-state index in [0.29, 0.717) is 6.42 Å². The Labute approximate surface area is 197 Å². The highest BCUT2D eigenvalue weighted by Crippen LogP contribution is 2.16. The fourth-order valence-electron chi connectivity index (χ4n) is 3.90. The fraction of sp³-hybridized carbons (Fsp3) is 0.786. The van der Waals surface area contributed by atoms with Crippen LogP contribution in [-0.2, 0) is 14.3 Å². The number of carbonyl (C=O) groups excluding carboxylic acids is 1. The number of allylic oxidation sites excluding steroid dienone is 2. The van der Waals surface area contributed by atoms with Crippen molar-refractivity contribution in [3.05, 3.63) is 24.8 Å². The zero-order valence-corrected chi connectivity index (χ0v) is 20.8. The van der Waals surface area contributed by atoms with Crippen molar-refractivity contribution in [3.63, 3.8) is 0 Å². The number of ether oxygens (including phenoxy) is 1. The Kier molecular flexibility index (Phi) is 22.9. The average Bonchev–Trinajstić information content (AvgIpc) is 2.78. The van der Waals surface area contributed by atoms with Gasteiger partial charge in [-0.05, 0) is 32.1 Å². The second-order valence-electron chi connectivity index (χ2n) is 9.00. The minimum absolute atomic E-state index is 0.0636. The van der Waals surface area contributed by atoms with Gasteiger partial charge in [0.05, 0.1) is 12.3 Å². The van der Waals surface area contributed by atoms with E-state index in [2.05, 4.69) is 25.7 Å². The van der Waals surface area contributed by atoms with E-state index in [-0.39, 0.29) is 13.0 Å². The summed E-state index contributed by atoms with van der Waals surface area (Å²) in [6, 6.07) is 0. The van der Waals surface area contributed by atoms with E-state index < -0.39 is 17.9 Å². The monoisotopic (exact) mass is 450 g/mol. The molecular formula is C28H50O4. The Hall–Kier alpha value is -1.58. The van der Waals surface area contributed by atoms with Crippen molar-refractivity contribution in [2.45, 2.75) is 129 Å². The first-order valence-electron chi connectivity index (χ1n) is 13.3. The topological polar surface area (TPSA) is 63.6 Å². The Morgan fingerprint density at radius 3 is 1.72 bits per heavy atom. The molecule has 4 nitrogen and oxygen atoms in total. The van der Waals surface area contributed by atoms with Crippen LogP contribution in [0.1, 0.15) is 129 Å². The lowest BCUT2D eigenvalue weighted by Crippen LogP contribution is -2.19. The first-order chi connectivity index (χ1) is 15.6. The first kappa shape index (κ1) is 30.4. The van der Waals surface area contributed by atoms with Crippen molar-refractivity contribution < 1.29 is 19.4 Å². The lowest BCUT2D eigenvalue weighted by atomic mass is 9.98. The van der Waals surface area contributed by atoms with E-state index in [4.69, 9.17) is 4.74 Å². The maximum absolute atomic E-state index is 11.6. The lowest BCUT2D eigenvalue weighted by molar-refractivity contribution is -0.151.